The van der Waals surface area contributed by atoms with Gasteiger partial charge in [-0.15, -0.1) is 0 Å². The van der Waals surface area contributed by atoms with Gasteiger partial charge >= 0.3 is 0 Å². The van der Waals surface area contributed by atoms with Crippen molar-refractivity contribution in [2.45, 2.75) is 0 Å². The number of hydrogen-bond donors (Lipinski definition) is 2. The summed E-state index contributed by atoms with van der Waals surface area (Å²) < 4.78 is 0. The quantitative estimate of drug-likeness (QED) is 0.620. The molecule has 3 heteroatoms. The highest BCUT2D eigenvalue weighted by atomic mass is 16.3. The van der Waals surface area contributed by atoms with E-state index >= 15 is 0 Å². The van der Waals surface area contributed by atoms with Gasteiger partial charge in [0.25, 0.3) is 0 Å². The lowest BCUT2D eigenvalue weighted by atomic mass is 10.3. The Morgan fingerprint density at radius 1 is 1.08 bits per heavy atom. The number of phenols is 1. The third kappa shape index (κ3) is 3.41. The van der Waals surface area contributed by atoms with Crippen LogP contribution in [0.25, 0.3) is 0 Å². The van der Waals surface area contributed by atoms with Crippen molar-refractivity contribution in [3.8, 4) is 5.75 Å². The second kappa shape index (κ2) is 4.96. The van der Waals surface area contributed by atoms with Crippen molar-refractivity contribution in [2.24, 2.45) is 0 Å². The van der Waals surface area contributed by atoms with E-state index in [4.69, 9.17) is 5.11 Å². The van der Waals surface area contributed by atoms with Gasteiger partial charge < -0.3 is 5.11 Å². The Morgan fingerprint density at radius 3 is 2.08 bits per heavy atom. The summed E-state index contributed by atoms with van der Waals surface area (Å²) in [5.41, 5.74) is 0. The number of rotatable bonds is 0. The molecule has 0 atom stereocenters. The molecule has 0 saturated carbocycles. The van der Waals surface area contributed by atoms with E-state index < -0.39 is 0 Å². The van der Waals surface area contributed by atoms with Crippen LogP contribution in [0.1, 0.15) is 0 Å². The normalized spacial score (nSPS) is 8.33. The molecule has 0 aliphatic carbocycles. The number of H-pyrrole nitrogens is 1. The fourth-order valence-electron chi connectivity index (χ4n) is 0.643. The first-order valence-electron chi connectivity index (χ1n) is 3.57. The van der Waals surface area contributed by atoms with Crippen molar-refractivity contribution in [3.05, 3.63) is 48.8 Å². The molecule has 0 unspecified atom stereocenters. The number of aromatic amines is 1. The summed E-state index contributed by atoms with van der Waals surface area (Å²) in [4.78, 5) is 0. The number of hydrogen-bond acceptors (Lipinski definition) is 2. The number of nitrogens with one attached hydrogen (secondary N) is 1. The monoisotopic (exact) mass is 162 g/mol. The van der Waals surface area contributed by atoms with Crippen molar-refractivity contribution >= 4 is 0 Å². The van der Waals surface area contributed by atoms with Gasteiger partial charge in [-0.05, 0) is 18.2 Å². The fraction of sp³-hybridized carbons (Fsp3) is 0. The van der Waals surface area contributed by atoms with Gasteiger partial charge in [-0.1, -0.05) is 18.2 Å². The van der Waals surface area contributed by atoms with Crippen LogP contribution in [0.4, 0.5) is 0 Å². The zero-order valence-corrected chi connectivity index (χ0v) is 6.51. The van der Waals surface area contributed by atoms with Crippen molar-refractivity contribution in [2.75, 3.05) is 0 Å². The van der Waals surface area contributed by atoms with Crippen LogP contribution in [-0.4, -0.2) is 15.3 Å². The highest BCUT2D eigenvalue weighted by Crippen LogP contribution is 2.02. The molecule has 0 fully saturated rings. The first-order valence-corrected chi connectivity index (χ1v) is 3.57. The number of aromatic nitrogens is 2. The van der Waals surface area contributed by atoms with Crippen LogP contribution in [0.5, 0.6) is 5.75 Å². The largest absolute Gasteiger partial charge is 0.508 e. The third-order valence-electron chi connectivity index (χ3n) is 1.16. The predicted octanol–water partition coefficient (Wildman–Crippen LogP) is 1.80. The first kappa shape index (κ1) is 8.33. The van der Waals surface area contributed by atoms with Gasteiger partial charge in [0.1, 0.15) is 5.75 Å². The van der Waals surface area contributed by atoms with Crippen LogP contribution in [0.2, 0.25) is 0 Å². The van der Waals surface area contributed by atoms with E-state index in [9.17, 15) is 0 Å². The summed E-state index contributed by atoms with van der Waals surface area (Å²) in [7, 11) is 0. The van der Waals surface area contributed by atoms with Crippen LogP contribution < -0.4 is 0 Å². The van der Waals surface area contributed by atoms with Crippen LogP contribution in [0.3, 0.4) is 0 Å². The minimum absolute atomic E-state index is 0.322. The first-order chi connectivity index (χ1) is 5.89. The lowest BCUT2D eigenvalue weighted by molar-refractivity contribution is 0.475. The van der Waals surface area contributed by atoms with Gasteiger partial charge in [0, 0.05) is 12.4 Å². The van der Waals surface area contributed by atoms with Gasteiger partial charge in [-0.25, -0.2) is 0 Å². The predicted molar refractivity (Wildman–Crippen MR) is 46.7 cm³/mol. The number of benzene rings is 1. The van der Waals surface area contributed by atoms with Gasteiger partial charge in [0.15, 0.2) is 0 Å². The highest BCUT2D eigenvalue weighted by molar-refractivity contribution is 5.18. The van der Waals surface area contributed by atoms with E-state index in [-0.39, 0.29) is 0 Å². The second-order valence-electron chi connectivity index (χ2n) is 2.10. The van der Waals surface area contributed by atoms with Crippen molar-refractivity contribution in [1.82, 2.24) is 10.2 Å². The minimum Gasteiger partial charge on any atom is -0.508 e. The summed E-state index contributed by atoms with van der Waals surface area (Å²) in [6, 6.07) is 10.5. The molecule has 0 saturated heterocycles. The van der Waals surface area contributed by atoms with Crippen molar-refractivity contribution < 1.29 is 5.11 Å². The molecule has 12 heavy (non-hydrogen) atoms. The van der Waals surface area contributed by atoms with Gasteiger partial charge in [-0.3, -0.25) is 5.10 Å². The van der Waals surface area contributed by atoms with Crippen LogP contribution in [0.15, 0.2) is 48.8 Å². The molecule has 0 bridgehead atoms. The Bertz CT molecular complexity index is 261. The third-order valence-corrected chi connectivity index (χ3v) is 1.16. The molecule has 2 N–H and O–H groups in total. The molecule has 0 aliphatic heterocycles. The summed E-state index contributed by atoms with van der Waals surface area (Å²) in [5.74, 6) is 0.322. The van der Waals surface area contributed by atoms with E-state index in [1.54, 1.807) is 36.7 Å². The van der Waals surface area contributed by atoms with Crippen molar-refractivity contribution in [3.63, 3.8) is 0 Å². The topological polar surface area (TPSA) is 48.9 Å². The highest BCUT2D eigenvalue weighted by Gasteiger charge is 1.74. The van der Waals surface area contributed by atoms with Gasteiger partial charge in [0.05, 0.1) is 0 Å². The number of nitrogens with zero attached hydrogens (tertiary/aromatic N) is 1. The number of aromatic hydroxyl groups is 1. The van der Waals surface area contributed by atoms with Crippen molar-refractivity contribution in [1.29, 1.82) is 0 Å². The Balaban J connectivity index is 0.000000127. The smallest absolute Gasteiger partial charge is 0.115 e. The molecule has 0 radical (unpaired) electrons. The van der Waals surface area contributed by atoms with E-state index in [1.165, 1.54) is 0 Å². The maximum Gasteiger partial charge on any atom is 0.115 e. The summed E-state index contributed by atoms with van der Waals surface area (Å²) in [5, 5.41) is 14.8. The maximum absolute atomic E-state index is 8.63. The zero-order valence-electron chi connectivity index (χ0n) is 6.51. The number of phenolic OH excluding ortho intramolecular Hbond substituents is 1. The lowest BCUT2D eigenvalue weighted by Gasteiger charge is -1.82. The SMILES string of the molecule is Oc1ccccc1.c1cn[nH]c1. The average Bonchev–Trinajstić information content (AvgIpc) is 2.62. The van der Waals surface area contributed by atoms with Crippen LogP contribution >= 0.6 is 0 Å². The van der Waals surface area contributed by atoms with E-state index in [1.807, 2.05) is 12.1 Å². The molecule has 62 valence electrons. The Hall–Kier alpha value is -1.77. The maximum atomic E-state index is 8.63. The lowest BCUT2D eigenvalue weighted by Crippen LogP contribution is -1.56. The van der Waals surface area contributed by atoms with Crippen LogP contribution in [0, 0.1) is 0 Å². The van der Waals surface area contributed by atoms with E-state index in [0.29, 0.717) is 5.75 Å². The average molecular weight is 162 g/mol. The summed E-state index contributed by atoms with van der Waals surface area (Å²) >= 11 is 0. The Labute approximate surface area is 70.7 Å². The molecule has 1 aromatic carbocycles. The molecule has 3 nitrogen and oxygen atoms in total. The second-order valence-corrected chi connectivity index (χ2v) is 2.10. The molecular weight excluding hydrogens is 152 g/mol. The Morgan fingerprint density at radius 2 is 1.83 bits per heavy atom. The van der Waals surface area contributed by atoms with Crippen LogP contribution in [-0.2, 0) is 0 Å². The molecule has 1 aromatic heterocycles. The molecule has 0 spiro atoms. The molecule has 0 aliphatic rings. The van der Waals surface area contributed by atoms with Gasteiger partial charge in [0.2, 0.25) is 0 Å². The van der Waals surface area contributed by atoms with E-state index in [0.717, 1.165) is 0 Å². The molecule has 2 aromatic rings. The zero-order chi connectivity index (χ0) is 8.65. The number of para-hydroxylation sites is 1. The Kier molecular flexibility index (Phi) is 3.44. The molecular formula is C9H10N2O. The van der Waals surface area contributed by atoms with E-state index in [2.05, 4.69) is 10.2 Å². The van der Waals surface area contributed by atoms with Gasteiger partial charge in [-0.2, -0.15) is 5.10 Å². The molecule has 0 amide bonds. The fourth-order valence-corrected chi connectivity index (χ4v) is 0.643. The standard InChI is InChI=1S/C6H6O.C3H4N2/c7-6-4-2-1-3-5-6;1-2-4-5-3-1/h1-5,7H;1-3H,(H,4,5). The summed E-state index contributed by atoms with van der Waals surface area (Å²) in [6.07, 6.45) is 3.46. The molecule has 2 rings (SSSR count). The summed E-state index contributed by atoms with van der Waals surface area (Å²) in [6.45, 7) is 0. The minimum atomic E-state index is 0.322. The molecule has 1 heterocycles.